The van der Waals surface area contributed by atoms with Gasteiger partial charge in [-0.2, -0.15) is 16.3 Å². The second kappa shape index (κ2) is 10.2. The van der Waals surface area contributed by atoms with Gasteiger partial charge in [-0.25, -0.2) is 0 Å². The lowest BCUT2D eigenvalue weighted by molar-refractivity contribution is 0.0616. The van der Waals surface area contributed by atoms with E-state index in [1.165, 1.54) is 16.9 Å². The summed E-state index contributed by atoms with van der Waals surface area (Å²) in [6.45, 7) is 5.10. The monoisotopic (exact) mass is 487 g/mol. The van der Waals surface area contributed by atoms with Crippen molar-refractivity contribution in [1.82, 2.24) is 19.9 Å². The van der Waals surface area contributed by atoms with Crippen LogP contribution in [0.15, 0.2) is 69.9 Å². The smallest absolute Gasteiger partial charge is 0.256 e. The lowest BCUT2D eigenvalue weighted by atomic mass is 10.1. The van der Waals surface area contributed by atoms with Gasteiger partial charge in [0.15, 0.2) is 0 Å². The number of amides is 2. The fourth-order valence-electron chi connectivity index (χ4n) is 3.98. The normalized spacial score (nSPS) is 14.1. The van der Waals surface area contributed by atoms with E-state index in [1.807, 2.05) is 53.6 Å². The summed E-state index contributed by atoms with van der Waals surface area (Å²) in [4.78, 5) is 34.3. The third-order valence-electron chi connectivity index (χ3n) is 5.99. The standard InChI is InChI=1S/C26H25N5O3S/c1-18-6-8-19(9-7-18)24-28-23(34-29-24)16-30-11-13-31(14-12-30)26(33)21-4-2-3-5-22(21)27-25(32)20-10-15-35-17-20/h2-10,15,17H,11-14,16H2,1H3,(H,27,32). The second-order valence-electron chi connectivity index (χ2n) is 8.46. The number of thiophene rings is 1. The molecule has 0 spiro atoms. The van der Waals surface area contributed by atoms with Crippen molar-refractivity contribution in [3.63, 3.8) is 0 Å². The van der Waals surface area contributed by atoms with Gasteiger partial charge >= 0.3 is 0 Å². The summed E-state index contributed by atoms with van der Waals surface area (Å²) >= 11 is 1.46. The zero-order valence-corrected chi connectivity index (χ0v) is 20.1. The van der Waals surface area contributed by atoms with Crippen LogP contribution < -0.4 is 5.32 Å². The fraction of sp³-hybridized carbons (Fsp3) is 0.231. The summed E-state index contributed by atoms with van der Waals surface area (Å²) in [7, 11) is 0. The van der Waals surface area contributed by atoms with Gasteiger partial charge in [0, 0.05) is 37.1 Å². The first-order valence-corrected chi connectivity index (χ1v) is 12.3. The molecule has 1 N–H and O–H groups in total. The Balaban J connectivity index is 1.19. The van der Waals surface area contributed by atoms with Gasteiger partial charge in [-0.05, 0) is 30.5 Å². The Morgan fingerprint density at radius 2 is 1.80 bits per heavy atom. The number of carbonyl (C=O) groups excluding carboxylic acids is 2. The van der Waals surface area contributed by atoms with E-state index >= 15 is 0 Å². The van der Waals surface area contributed by atoms with E-state index in [0.717, 1.165) is 5.56 Å². The van der Waals surface area contributed by atoms with Crippen molar-refractivity contribution >= 4 is 28.8 Å². The SMILES string of the molecule is Cc1ccc(-c2noc(CN3CCN(C(=O)c4ccccc4NC(=O)c4ccsc4)CC3)n2)cc1. The number of aromatic nitrogens is 2. The molecule has 2 aromatic carbocycles. The summed E-state index contributed by atoms with van der Waals surface area (Å²) < 4.78 is 5.46. The Kier molecular flexibility index (Phi) is 6.69. The molecule has 0 atom stereocenters. The van der Waals surface area contributed by atoms with Crippen molar-refractivity contribution < 1.29 is 14.1 Å². The van der Waals surface area contributed by atoms with Crippen LogP contribution in [0.25, 0.3) is 11.4 Å². The van der Waals surface area contributed by atoms with E-state index in [9.17, 15) is 9.59 Å². The molecule has 3 heterocycles. The number of piperazine rings is 1. The first-order valence-electron chi connectivity index (χ1n) is 11.4. The van der Waals surface area contributed by atoms with Crippen LogP contribution in [0.2, 0.25) is 0 Å². The molecule has 1 fully saturated rings. The first-order chi connectivity index (χ1) is 17.1. The van der Waals surface area contributed by atoms with Crippen molar-refractivity contribution in [3.8, 4) is 11.4 Å². The molecule has 2 amide bonds. The lowest BCUT2D eigenvalue weighted by Gasteiger charge is -2.34. The van der Waals surface area contributed by atoms with Crippen LogP contribution in [-0.4, -0.2) is 57.9 Å². The van der Waals surface area contributed by atoms with Gasteiger partial charge in [0.1, 0.15) is 0 Å². The fourth-order valence-corrected chi connectivity index (χ4v) is 4.61. The first kappa shape index (κ1) is 22.9. The number of hydrogen-bond donors (Lipinski definition) is 1. The predicted molar refractivity (Wildman–Crippen MR) is 134 cm³/mol. The van der Waals surface area contributed by atoms with Crippen LogP contribution in [0.1, 0.15) is 32.2 Å². The topological polar surface area (TPSA) is 91.6 Å². The Bertz CT molecular complexity index is 1310. The molecular weight excluding hydrogens is 462 g/mol. The van der Waals surface area contributed by atoms with Gasteiger partial charge in [-0.1, -0.05) is 47.1 Å². The molecule has 4 aromatic rings. The minimum absolute atomic E-state index is 0.0923. The average molecular weight is 488 g/mol. The number of nitrogens with zero attached hydrogens (tertiary/aromatic N) is 4. The van der Waals surface area contributed by atoms with E-state index in [1.54, 1.807) is 23.6 Å². The van der Waals surface area contributed by atoms with E-state index in [4.69, 9.17) is 4.52 Å². The van der Waals surface area contributed by atoms with Gasteiger partial charge < -0.3 is 14.7 Å². The van der Waals surface area contributed by atoms with E-state index in [2.05, 4.69) is 20.4 Å². The van der Waals surface area contributed by atoms with Crippen molar-refractivity contribution in [2.45, 2.75) is 13.5 Å². The zero-order valence-electron chi connectivity index (χ0n) is 19.3. The highest BCUT2D eigenvalue weighted by molar-refractivity contribution is 7.08. The number of anilines is 1. The maximum absolute atomic E-state index is 13.3. The van der Waals surface area contributed by atoms with Crippen LogP contribution >= 0.6 is 11.3 Å². The van der Waals surface area contributed by atoms with Crippen molar-refractivity contribution in [2.24, 2.45) is 0 Å². The van der Waals surface area contributed by atoms with E-state index < -0.39 is 0 Å². The molecule has 1 aliphatic rings. The van der Waals surface area contributed by atoms with Crippen molar-refractivity contribution in [2.75, 3.05) is 31.5 Å². The van der Waals surface area contributed by atoms with Crippen LogP contribution in [0.4, 0.5) is 5.69 Å². The zero-order chi connectivity index (χ0) is 24.2. The van der Waals surface area contributed by atoms with Crippen LogP contribution in [0.3, 0.4) is 0 Å². The molecule has 8 nitrogen and oxygen atoms in total. The quantitative estimate of drug-likeness (QED) is 0.436. The van der Waals surface area contributed by atoms with Crippen LogP contribution in [0.5, 0.6) is 0 Å². The largest absolute Gasteiger partial charge is 0.338 e. The highest BCUT2D eigenvalue weighted by Gasteiger charge is 2.25. The number of carbonyl (C=O) groups is 2. The van der Waals surface area contributed by atoms with Crippen molar-refractivity contribution in [1.29, 1.82) is 0 Å². The molecule has 9 heteroatoms. The van der Waals surface area contributed by atoms with Crippen LogP contribution in [-0.2, 0) is 6.54 Å². The molecule has 178 valence electrons. The molecule has 0 saturated carbocycles. The third-order valence-corrected chi connectivity index (χ3v) is 6.67. The predicted octanol–water partition coefficient (Wildman–Crippen LogP) is 4.32. The maximum atomic E-state index is 13.3. The number of para-hydroxylation sites is 1. The van der Waals surface area contributed by atoms with Gasteiger partial charge in [-0.3, -0.25) is 14.5 Å². The Hall–Kier alpha value is -3.82. The lowest BCUT2D eigenvalue weighted by Crippen LogP contribution is -2.48. The summed E-state index contributed by atoms with van der Waals surface area (Å²) in [6, 6.07) is 16.9. The molecule has 1 saturated heterocycles. The number of benzene rings is 2. The molecule has 0 unspecified atom stereocenters. The summed E-state index contributed by atoms with van der Waals surface area (Å²) in [5, 5.41) is 10.6. The molecule has 0 aliphatic carbocycles. The van der Waals surface area contributed by atoms with Crippen molar-refractivity contribution in [3.05, 3.63) is 87.9 Å². The Morgan fingerprint density at radius 1 is 1.03 bits per heavy atom. The summed E-state index contributed by atoms with van der Waals surface area (Å²) in [6.07, 6.45) is 0. The van der Waals surface area contributed by atoms with Gasteiger partial charge in [0.25, 0.3) is 11.8 Å². The minimum atomic E-state index is -0.221. The average Bonchev–Trinajstić information content (AvgIpc) is 3.58. The highest BCUT2D eigenvalue weighted by atomic mass is 32.1. The molecule has 0 radical (unpaired) electrons. The number of nitrogens with one attached hydrogen (secondary N) is 1. The minimum Gasteiger partial charge on any atom is -0.338 e. The maximum Gasteiger partial charge on any atom is 0.256 e. The van der Waals surface area contributed by atoms with Gasteiger partial charge in [-0.15, -0.1) is 0 Å². The van der Waals surface area contributed by atoms with Gasteiger partial charge in [0.2, 0.25) is 11.7 Å². The Labute approximate surface area is 207 Å². The number of aryl methyl sites for hydroxylation is 1. The highest BCUT2D eigenvalue weighted by Crippen LogP contribution is 2.21. The van der Waals surface area contributed by atoms with Gasteiger partial charge in [0.05, 0.1) is 23.4 Å². The summed E-state index contributed by atoms with van der Waals surface area (Å²) in [5.74, 6) is 0.822. The molecular formula is C26H25N5O3S. The van der Waals surface area contributed by atoms with Crippen LogP contribution in [0, 0.1) is 6.92 Å². The number of hydrogen-bond acceptors (Lipinski definition) is 7. The van der Waals surface area contributed by atoms with E-state index in [0.29, 0.717) is 61.3 Å². The molecule has 5 rings (SSSR count). The molecule has 1 aliphatic heterocycles. The number of rotatable bonds is 6. The van der Waals surface area contributed by atoms with E-state index in [-0.39, 0.29) is 11.8 Å². The summed E-state index contributed by atoms with van der Waals surface area (Å²) in [5.41, 5.74) is 3.69. The molecule has 0 bridgehead atoms. The third kappa shape index (κ3) is 5.31. The molecule has 2 aromatic heterocycles. The second-order valence-corrected chi connectivity index (χ2v) is 9.24. The molecule has 35 heavy (non-hydrogen) atoms. The Morgan fingerprint density at radius 3 is 2.54 bits per heavy atom.